The molecule has 0 fully saturated rings. The number of hydrogen-bond donors (Lipinski definition) is 4. The molecule has 0 aliphatic carbocycles. The van der Waals surface area contributed by atoms with Crippen LogP contribution in [0.5, 0.6) is 11.8 Å². The smallest absolute Gasteiger partial charge is 0.206 e. The molecule has 0 amide bonds. The number of aromatic hydroxyl groups is 2. The summed E-state index contributed by atoms with van der Waals surface area (Å²) >= 11 is 0. The van der Waals surface area contributed by atoms with Crippen molar-refractivity contribution >= 4 is 0 Å². The second kappa shape index (κ2) is 6.10. The number of H-pyrrole nitrogens is 2. The van der Waals surface area contributed by atoms with E-state index in [1.807, 2.05) is 0 Å². The first-order valence-corrected chi connectivity index (χ1v) is 3.15. The van der Waals surface area contributed by atoms with E-state index < -0.39 is 0 Å². The monoisotopic (exact) mass is 231 g/mol. The number of rotatable bonds is 0. The van der Waals surface area contributed by atoms with E-state index in [1.54, 1.807) is 0 Å². The minimum Gasteiger partial charge on any atom is -0.494 e. The first-order valence-electron chi connectivity index (χ1n) is 3.15. The number of aromatic amines is 2. The fraction of sp³-hybridized carbons (Fsp3) is 0. The van der Waals surface area contributed by atoms with Gasteiger partial charge in [0.1, 0.15) is 0 Å². The molecule has 0 aliphatic rings. The van der Waals surface area contributed by atoms with Gasteiger partial charge in [0.05, 0.1) is 12.4 Å². The molecule has 13 heavy (non-hydrogen) atoms. The quantitative estimate of drug-likeness (QED) is 0.488. The Morgan fingerprint density at radius 2 is 1.31 bits per heavy atom. The summed E-state index contributed by atoms with van der Waals surface area (Å²) in [6.45, 7) is 0. The summed E-state index contributed by atoms with van der Waals surface area (Å²) in [4.78, 5) is 0. The summed E-state index contributed by atoms with van der Waals surface area (Å²) in [5.41, 5.74) is 0. The van der Waals surface area contributed by atoms with Gasteiger partial charge in [0.15, 0.2) is 0 Å². The Bertz CT molecular complexity index is 262. The molecule has 75 valence electrons. The second-order valence-corrected chi connectivity index (χ2v) is 1.88. The van der Waals surface area contributed by atoms with Crippen molar-refractivity contribution in [1.29, 1.82) is 0 Å². The number of nitrogens with one attached hydrogen (secondary N) is 2. The molecule has 0 spiro atoms. The van der Waals surface area contributed by atoms with E-state index in [9.17, 15) is 0 Å². The fourth-order valence-corrected chi connectivity index (χ4v) is 0.497. The summed E-state index contributed by atoms with van der Waals surface area (Å²) in [5, 5.41) is 28.2. The summed E-state index contributed by atoms with van der Waals surface area (Å²) in [5.74, 6) is 0.213. The fourth-order valence-electron chi connectivity index (χ4n) is 0.497. The van der Waals surface area contributed by atoms with Gasteiger partial charge in [-0.05, 0) is 0 Å². The SMILES string of the molecule is Oc1ccn[nH]1.Oc1ccn[nH]1.[Cu]. The molecular formula is C6H8CuN4O2. The van der Waals surface area contributed by atoms with Crippen LogP contribution in [0.3, 0.4) is 0 Å². The molecule has 0 aliphatic heterocycles. The average molecular weight is 232 g/mol. The topological polar surface area (TPSA) is 97.8 Å². The van der Waals surface area contributed by atoms with Crippen LogP contribution in [-0.4, -0.2) is 30.6 Å². The molecule has 0 aromatic carbocycles. The van der Waals surface area contributed by atoms with E-state index in [0.717, 1.165) is 0 Å². The van der Waals surface area contributed by atoms with E-state index in [2.05, 4.69) is 20.4 Å². The van der Waals surface area contributed by atoms with Gasteiger partial charge in [0, 0.05) is 29.2 Å². The van der Waals surface area contributed by atoms with Gasteiger partial charge in [-0.2, -0.15) is 10.2 Å². The van der Waals surface area contributed by atoms with Gasteiger partial charge in [-0.1, -0.05) is 0 Å². The maximum Gasteiger partial charge on any atom is 0.206 e. The zero-order valence-corrected chi connectivity index (χ0v) is 7.34. The Hall–Kier alpha value is -1.46. The van der Waals surface area contributed by atoms with Gasteiger partial charge in [-0.3, -0.25) is 0 Å². The normalized spacial score (nSPS) is 8.00. The Morgan fingerprint density at radius 1 is 0.923 bits per heavy atom. The van der Waals surface area contributed by atoms with Crippen LogP contribution in [0.25, 0.3) is 0 Å². The summed E-state index contributed by atoms with van der Waals surface area (Å²) in [6, 6.07) is 2.94. The van der Waals surface area contributed by atoms with Crippen LogP contribution in [0.2, 0.25) is 0 Å². The Balaban J connectivity index is 0.000000206. The van der Waals surface area contributed by atoms with Gasteiger partial charge in [0.25, 0.3) is 0 Å². The van der Waals surface area contributed by atoms with E-state index in [4.69, 9.17) is 10.2 Å². The third kappa shape index (κ3) is 4.89. The standard InChI is InChI=1S/2C3H4N2O.Cu/c2*6-3-1-2-4-5-3;/h2*1-2H,(H2,4,5,6);. The third-order valence-corrected chi connectivity index (χ3v) is 0.972. The van der Waals surface area contributed by atoms with Crippen molar-refractivity contribution < 1.29 is 27.3 Å². The molecule has 1 radical (unpaired) electrons. The van der Waals surface area contributed by atoms with E-state index in [1.165, 1.54) is 24.5 Å². The molecule has 0 atom stereocenters. The molecule has 0 saturated carbocycles. The maximum atomic E-state index is 8.35. The molecule has 2 aromatic rings. The molecule has 7 heteroatoms. The largest absolute Gasteiger partial charge is 0.494 e. The van der Waals surface area contributed by atoms with Crippen LogP contribution in [0.4, 0.5) is 0 Å². The van der Waals surface area contributed by atoms with Crippen LogP contribution in [0.15, 0.2) is 24.5 Å². The molecule has 2 rings (SSSR count). The predicted octanol–water partition coefficient (Wildman–Crippen LogP) is 0.228. The zero-order valence-electron chi connectivity index (χ0n) is 6.40. The van der Waals surface area contributed by atoms with Crippen molar-refractivity contribution in [2.45, 2.75) is 0 Å². The van der Waals surface area contributed by atoms with Crippen LogP contribution in [0.1, 0.15) is 0 Å². The van der Waals surface area contributed by atoms with Crippen molar-refractivity contribution in [3.05, 3.63) is 24.5 Å². The van der Waals surface area contributed by atoms with Gasteiger partial charge < -0.3 is 10.2 Å². The summed E-state index contributed by atoms with van der Waals surface area (Å²) < 4.78 is 0. The van der Waals surface area contributed by atoms with Gasteiger partial charge >= 0.3 is 0 Å². The number of nitrogens with zero attached hydrogens (tertiary/aromatic N) is 2. The molecular weight excluding hydrogens is 224 g/mol. The molecule has 0 bridgehead atoms. The van der Waals surface area contributed by atoms with Crippen molar-refractivity contribution in [3.63, 3.8) is 0 Å². The molecule has 2 heterocycles. The Kier molecular flexibility index (Phi) is 5.41. The predicted molar refractivity (Wildman–Crippen MR) is 40.5 cm³/mol. The molecule has 2 aromatic heterocycles. The minimum absolute atomic E-state index is 0. The molecule has 4 N–H and O–H groups in total. The Labute approximate surface area is 84.5 Å². The van der Waals surface area contributed by atoms with E-state index in [0.29, 0.717) is 0 Å². The average Bonchev–Trinajstić information content (AvgIpc) is 2.63. The number of hydrogen-bond acceptors (Lipinski definition) is 4. The molecule has 0 saturated heterocycles. The van der Waals surface area contributed by atoms with Crippen LogP contribution >= 0.6 is 0 Å². The van der Waals surface area contributed by atoms with Crippen molar-refractivity contribution in [2.75, 3.05) is 0 Å². The maximum absolute atomic E-state index is 8.35. The van der Waals surface area contributed by atoms with Gasteiger partial charge in [-0.15, -0.1) is 0 Å². The first kappa shape index (κ1) is 11.5. The number of aromatic nitrogens is 4. The van der Waals surface area contributed by atoms with Crippen molar-refractivity contribution in [2.24, 2.45) is 0 Å². The minimum atomic E-state index is 0. The second-order valence-electron chi connectivity index (χ2n) is 1.88. The summed E-state index contributed by atoms with van der Waals surface area (Å²) in [6.07, 6.45) is 2.96. The van der Waals surface area contributed by atoms with E-state index >= 15 is 0 Å². The zero-order chi connectivity index (χ0) is 8.81. The van der Waals surface area contributed by atoms with Crippen molar-refractivity contribution in [1.82, 2.24) is 20.4 Å². The van der Waals surface area contributed by atoms with E-state index in [-0.39, 0.29) is 28.8 Å². The van der Waals surface area contributed by atoms with Crippen LogP contribution in [0, 0.1) is 0 Å². The van der Waals surface area contributed by atoms with Crippen molar-refractivity contribution in [3.8, 4) is 11.8 Å². The first-order chi connectivity index (χ1) is 5.79. The Morgan fingerprint density at radius 3 is 1.38 bits per heavy atom. The molecule has 0 unspecified atom stereocenters. The molecule has 6 nitrogen and oxygen atoms in total. The summed E-state index contributed by atoms with van der Waals surface area (Å²) in [7, 11) is 0. The van der Waals surface area contributed by atoms with Gasteiger partial charge in [-0.25, -0.2) is 10.2 Å². The third-order valence-electron chi connectivity index (χ3n) is 0.972. The van der Waals surface area contributed by atoms with Crippen LogP contribution in [-0.2, 0) is 17.1 Å². The van der Waals surface area contributed by atoms with Crippen LogP contribution < -0.4 is 0 Å². The van der Waals surface area contributed by atoms with Gasteiger partial charge in [0.2, 0.25) is 11.8 Å².